The molecule has 0 bridgehead atoms. The molecule has 1 fully saturated rings. The Hall–Kier alpha value is -2.38. The molecule has 3 aromatic rings. The second-order valence-electron chi connectivity index (χ2n) is 8.54. The summed E-state index contributed by atoms with van der Waals surface area (Å²) in [5, 5.41) is 0. The molecule has 0 aliphatic carbocycles. The standard InChI is InChI=1S/C24H30N4O2S/c1-2-28-23-13-12-20(31(29,30)27-15-6-3-7-16-27)17-21(23)25-24(28)18-26-14-8-10-19-9-4-5-11-22(19)26/h4-5,9,11-13,17H,2-3,6-8,10,14-16,18H2,1H3. The van der Waals surface area contributed by atoms with Crippen LogP contribution in [-0.4, -0.2) is 41.9 Å². The molecule has 0 radical (unpaired) electrons. The smallest absolute Gasteiger partial charge is 0.243 e. The van der Waals surface area contributed by atoms with Crippen molar-refractivity contribution in [2.24, 2.45) is 0 Å². The molecule has 164 valence electrons. The summed E-state index contributed by atoms with van der Waals surface area (Å²) in [6.07, 6.45) is 5.24. The number of nitrogens with zero attached hydrogens (tertiary/aromatic N) is 4. The Morgan fingerprint density at radius 2 is 1.77 bits per heavy atom. The van der Waals surface area contributed by atoms with E-state index >= 15 is 0 Å². The van der Waals surface area contributed by atoms with E-state index in [1.165, 1.54) is 11.3 Å². The largest absolute Gasteiger partial charge is 0.364 e. The molecular formula is C24H30N4O2S. The van der Waals surface area contributed by atoms with Gasteiger partial charge >= 0.3 is 0 Å². The van der Waals surface area contributed by atoms with E-state index in [9.17, 15) is 8.42 Å². The average molecular weight is 439 g/mol. The maximum atomic E-state index is 13.1. The number of anilines is 1. The zero-order valence-corrected chi connectivity index (χ0v) is 18.9. The third kappa shape index (κ3) is 3.74. The van der Waals surface area contributed by atoms with Gasteiger partial charge in [-0.2, -0.15) is 4.31 Å². The number of imidazole rings is 1. The first-order chi connectivity index (χ1) is 15.1. The number of hydrogen-bond acceptors (Lipinski definition) is 4. The minimum Gasteiger partial charge on any atom is -0.364 e. The summed E-state index contributed by atoms with van der Waals surface area (Å²) in [6.45, 7) is 5.89. The molecule has 0 unspecified atom stereocenters. The highest BCUT2D eigenvalue weighted by Crippen LogP contribution is 2.30. The Kier molecular flexibility index (Phi) is 5.48. The van der Waals surface area contributed by atoms with Crippen molar-refractivity contribution in [3.8, 4) is 0 Å². The molecular weight excluding hydrogens is 408 g/mol. The molecule has 2 aliphatic rings. The second-order valence-corrected chi connectivity index (χ2v) is 10.5. The number of aromatic nitrogens is 2. The van der Waals surface area contributed by atoms with Gasteiger partial charge in [-0.3, -0.25) is 0 Å². The van der Waals surface area contributed by atoms with E-state index in [2.05, 4.69) is 40.7 Å². The molecule has 5 rings (SSSR count). The minimum absolute atomic E-state index is 0.359. The quantitative estimate of drug-likeness (QED) is 0.600. The maximum Gasteiger partial charge on any atom is 0.243 e. The fourth-order valence-corrected chi connectivity index (χ4v) is 6.53. The van der Waals surface area contributed by atoms with Gasteiger partial charge in [0.1, 0.15) is 5.82 Å². The molecule has 0 N–H and O–H groups in total. The van der Waals surface area contributed by atoms with Gasteiger partial charge in [-0.15, -0.1) is 0 Å². The molecule has 6 nitrogen and oxygen atoms in total. The highest BCUT2D eigenvalue weighted by atomic mass is 32.2. The lowest BCUT2D eigenvalue weighted by Crippen LogP contribution is -2.35. The van der Waals surface area contributed by atoms with Crippen LogP contribution < -0.4 is 4.90 Å². The van der Waals surface area contributed by atoms with Crippen LogP contribution in [-0.2, 0) is 29.5 Å². The van der Waals surface area contributed by atoms with Gasteiger partial charge in [0.15, 0.2) is 0 Å². The number of sulfonamides is 1. The van der Waals surface area contributed by atoms with Crippen molar-refractivity contribution in [2.45, 2.75) is 57.0 Å². The van der Waals surface area contributed by atoms with Gasteiger partial charge in [0.2, 0.25) is 10.0 Å². The number of rotatable bonds is 5. The first-order valence-electron chi connectivity index (χ1n) is 11.4. The highest BCUT2D eigenvalue weighted by molar-refractivity contribution is 7.89. The number of hydrogen-bond donors (Lipinski definition) is 0. The lowest BCUT2D eigenvalue weighted by atomic mass is 10.0. The number of benzene rings is 2. The molecule has 0 saturated carbocycles. The topological polar surface area (TPSA) is 58.4 Å². The Morgan fingerprint density at radius 3 is 2.58 bits per heavy atom. The zero-order valence-electron chi connectivity index (χ0n) is 18.1. The number of aryl methyl sites for hydroxylation is 2. The van der Waals surface area contributed by atoms with Crippen LogP contribution in [0.15, 0.2) is 47.4 Å². The van der Waals surface area contributed by atoms with Crippen molar-refractivity contribution in [1.82, 2.24) is 13.9 Å². The third-order valence-corrected chi connectivity index (χ3v) is 8.50. The number of para-hydroxylation sites is 1. The fraction of sp³-hybridized carbons (Fsp3) is 0.458. The SMILES string of the molecule is CCn1c(CN2CCCc3ccccc32)nc2cc(S(=O)(=O)N3CCCCC3)ccc21. The summed E-state index contributed by atoms with van der Waals surface area (Å²) in [5.41, 5.74) is 4.44. The van der Waals surface area contributed by atoms with E-state index in [1.54, 1.807) is 16.4 Å². The minimum atomic E-state index is -3.46. The summed E-state index contributed by atoms with van der Waals surface area (Å²) < 4.78 is 30.1. The van der Waals surface area contributed by atoms with Crippen LogP contribution in [0.2, 0.25) is 0 Å². The van der Waals surface area contributed by atoms with E-state index in [4.69, 9.17) is 4.98 Å². The van der Waals surface area contributed by atoms with Crippen molar-refractivity contribution >= 4 is 26.7 Å². The maximum absolute atomic E-state index is 13.1. The van der Waals surface area contributed by atoms with Crippen molar-refractivity contribution in [3.05, 3.63) is 53.9 Å². The van der Waals surface area contributed by atoms with Crippen molar-refractivity contribution in [2.75, 3.05) is 24.5 Å². The van der Waals surface area contributed by atoms with E-state index in [1.807, 2.05) is 6.07 Å². The van der Waals surface area contributed by atoms with Gasteiger partial charge in [-0.25, -0.2) is 13.4 Å². The molecule has 0 atom stereocenters. The summed E-state index contributed by atoms with van der Waals surface area (Å²) >= 11 is 0. The molecule has 1 saturated heterocycles. The van der Waals surface area contributed by atoms with Crippen LogP contribution in [0.5, 0.6) is 0 Å². The van der Waals surface area contributed by atoms with E-state index in [0.29, 0.717) is 18.0 Å². The van der Waals surface area contributed by atoms with Crippen molar-refractivity contribution in [3.63, 3.8) is 0 Å². The van der Waals surface area contributed by atoms with Crippen LogP contribution in [0.25, 0.3) is 11.0 Å². The lowest BCUT2D eigenvalue weighted by Gasteiger charge is -2.31. The average Bonchev–Trinajstić information content (AvgIpc) is 3.16. The lowest BCUT2D eigenvalue weighted by molar-refractivity contribution is 0.346. The van der Waals surface area contributed by atoms with Crippen molar-refractivity contribution < 1.29 is 8.42 Å². The molecule has 0 amide bonds. The molecule has 3 heterocycles. The van der Waals surface area contributed by atoms with Crippen LogP contribution in [0, 0.1) is 0 Å². The molecule has 2 aliphatic heterocycles. The monoisotopic (exact) mass is 438 g/mol. The molecule has 1 aromatic heterocycles. The summed E-state index contributed by atoms with van der Waals surface area (Å²) in [7, 11) is -3.46. The van der Waals surface area contributed by atoms with Gasteiger partial charge < -0.3 is 9.47 Å². The molecule has 7 heteroatoms. The molecule has 2 aromatic carbocycles. The first-order valence-corrected chi connectivity index (χ1v) is 12.8. The van der Waals surface area contributed by atoms with E-state index in [0.717, 1.165) is 68.6 Å². The normalized spacial score (nSPS) is 17.8. The first kappa shape index (κ1) is 20.5. The van der Waals surface area contributed by atoms with Gasteiger partial charge in [0.05, 0.1) is 22.5 Å². The Labute approximate surface area is 184 Å². The van der Waals surface area contributed by atoms with E-state index < -0.39 is 10.0 Å². The number of fused-ring (bicyclic) bond motifs is 2. The van der Waals surface area contributed by atoms with Crippen LogP contribution >= 0.6 is 0 Å². The zero-order chi connectivity index (χ0) is 21.4. The summed E-state index contributed by atoms with van der Waals surface area (Å²) in [6, 6.07) is 14.0. The van der Waals surface area contributed by atoms with E-state index in [-0.39, 0.29) is 0 Å². The van der Waals surface area contributed by atoms with Crippen LogP contribution in [0.1, 0.15) is 44.0 Å². The van der Waals surface area contributed by atoms with Crippen LogP contribution in [0.3, 0.4) is 0 Å². The van der Waals surface area contributed by atoms with Gasteiger partial charge in [-0.1, -0.05) is 24.6 Å². The van der Waals surface area contributed by atoms with Gasteiger partial charge in [0.25, 0.3) is 0 Å². The van der Waals surface area contributed by atoms with Gasteiger partial charge in [0, 0.05) is 31.9 Å². The summed E-state index contributed by atoms with van der Waals surface area (Å²) in [4.78, 5) is 7.67. The van der Waals surface area contributed by atoms with Crippen molar-refractivity contribution in [1.29, 1.82) is 0 Å². The molecule has 31 heavy (non-hydrogen) atoms. The Bertz CT molecular complexity index is 1200. The molecule has 0 spiro atoms. The van der Waals surface area contributed by atoms with Crippen LogP contribution in [0.4, 0.5) is 5.69 Å². The third-order valence-electron chi connectivity index (χ3n) is 6.61. The highest BCUT2D eigenvalue weighted by Gasteiger charge is 2.27. The number of piperidine rings is 1. The second kappa shape index (κ2) is 8.28. The Balaban J connectivity index is 1.49. The fourth-order valence-electron chi connectivity index (χ4n) is 4.99. The predicted octanol–water partition coefficient (Wildman–Crippen LogP) is 4.18. The van der Waals surface area contributed by atoms with Gasteiger partial charge in [-0.05, 0) is 62.4 Å². The predicted molar refractivity (Wildman–Crippen MR) is 124 cm³/mol. The Morgan fingerprint density at radius 1 is 0.968 bits per heavy atom. The summed E-state index contributed by atoms with van der Waals surface area (Å²) in [5.74, 6) is 0.988.